The molecule has 3 aromatic rings. The van der Waals surface area contributed by atoms with Gasteiger partial charge in [0.2, 0.25) is 5.91 Å². The molecule has 0 unspecified atom stereocenters. The Balaban J connectivity index is 1.54. The molecule has 2 atom stereocenters. The van der Waals surface area contributed by atoms with Crippen LogP contribution in [0.2, 0.25) is 5.02 Å². The van der Waals surface area contributed by atoms with E-state index in [4.69, 9.17) is 16.3 Å². The summed E-state index contributed by atoms with van der Waals surface area (Å²) in [6, 6.07) is 24.0. The molecule has 0 bridgehead atoms. The first-order chi connectivity index (χ1) is 16.0. The molecule has 3 amide bonds. The highest BCUT2D eigenvalue weighted by Gasteiger charge is 2.35. The van der Waals surface area contributed by atoms with Gasteiger partial charge in [-0.1, -0.05) is 60.1 Å². The van der Waals surface area contributed by atoms with E-state index in [-0.39, 0.29) is 23.8 Å². The summed E-state index contributed by atoms with van der Waals surface area (Å²) in [7, 11) is 1.56. The van der Waals surface area contributed by atoms with E-state index in [1.165, 1.54) is 0 Å². The minimum absolute atomic E-state index is 0.0403. The summed E-state index contributed by atoms with van der Waals surface area (Å²) in [4.78, 5) is 28.0. The summed E-state index contributed by atoms with van der Waals surface area (Å²) in [5, 5.41) is 6.44. The van der Waals surface area contributed by atoms with E-state index in [0.29, 0.717) is 41.7 Å². The van der Waals surface area contributed by atoms with Crippen LogP contribution >= 0.6 is 11.6 Å². The zero-order chi connectivity index (χ0) is 23.2. The zero-order valence-electron chi connectivity index (χ0n) is 18.3. The van der Waals surface area contributed by atoms with Crippen LogP contribution in [0, 0.1) is 5.92 Å². The van der Waals surface area contributed by atoms with Crippen molar-refractivity contribution in [2.24, 2.45) is 5.92 Å². The third kappa shape index (κ3) is 5.65. The van der Waals surface area contributed by atoms with E-state index in [2.05, 4.69) is 10.6 Å². The Morgan fingerprint density at radius 3 is 2.45 bits per heavy atom. The van der Waals surface area contributed by atoms with Crippen molar-refractivity contribution in [1.82, 2.24) is 4.90 Å². The van der Waals surface area contributed by atoms with Crippen molar-refractivity contribution >= 4 is 34.9 Å². The predicted molar refractivity (Wildman–Crippen MR) is 131 cm³/mol. The van der Waals surface area contributed by atoms with Gasteiger partial charge in [0.15, 0.2) is 0 Å². The third-order valence-corrected chi connectivity index (χ3v) is 6.06. The molecule has 1 aliphatic rings. The van der Waals surface area contributed by atoms with Gasteiger partial charge in [-0.15, -0.1) is 0 Å². The average molecular weight is 464 g/mol. The number of urea groups is 1. The van der Waals surface area contributed by atoms with Crippen molar-refractivity contribution in [3.8, 4) is 5.75 Å². The van der Waals surface area contributed by atoms with Crippen LogP contribution in [0.1, 0.15) is 17.9 Å². The maximum Gasteiger partial charge on any atom is 0.321 e. The van der Waals surface area contributed by atoms with Gasteiger partial charge in [0.05, 0.1) is 18.7 Å². The maximum absolute atomic E-state index is 13.2. The molecular weight excluding hydrogens is 438 g/mol. The Morgan fingerprint density at radius 2 is 1.70 bits per heavy atom. The fourth-order valence-electron chi connectivity index (χ4n) is 4.17. The van der Waals surface area contributed by atoms with Crippen LogP contribution in [0.5, 0.6) is 5.75 Å². The molecule has 3 aromatic carbocycles. The number of nitrogens with zero attached hydrogens (tertiary/aromatic N) is 1. The van der Waals surface area contributed by atoms with Crippen molar-refractivity contribution in [3.05, 3.63) is 89.4 Å². The van der Waals surface area contributed by atoms with Gasteiger partial charge in [0.1, 0.15) is 5.75 Å². The number of rotatable bonds is 5. The van der Waals surface area contributed by atoms with E-state index in [1.807, 2.05) is 42.5 Å². The molecule has 170 valence electrons. The van der Waals surface area contributed by atoms with Crippen LogP contribution < -0.4 is 15.4 Å². The Bertz CT molecular complexity index is 1120. The number of amides is 3. The summed E-state index contributed by atoms with van der Waals surface area (Å²) in [5.41, 5.74) is 2.33. The van der Waals surface area contributed by atoms with Crippen molar-refractivity contribution in [1.29, 1.82) is 0 Å². The molecule has 1 heterocycles. The number of halogens is 1. The summed E-state index contributed by atoms with van der Waals surface area (Å²) < 4.78 is 5.35. The second-order valence-electron chi connectivity index (χ2n) is 8.08. The number of benzene rings is 3. The number of para-hydroxylation sites is 2. The van der Waals surface area contributed by atoms with Gasteiger partial charge in [-0.2, -0.15) is 0 Å². The van der Waals surface area contributed by atoms with Crippen LogP contribution in [0.4, 0.5) is 16.2 Å². The van der Waals surface area contributed by atoms with Gasteiger partial charge >= 0.3 is 6.03 Å². The minimum atomic E-state index is -0.369. The number of hydrogen-bond donors (Lipinski definition) is 2. The first-order valence-electron chi connectivity index (χ1n) is 10.8. The lowest BCUT2D eigenvalue weighted by Gasteiger charge is -2.37. The predicted octanol–water partition coefficient (Wildman–Crippen LogP) is 5.62. The lowest BCUT2D eigenvalue weighted by molar-refractivity contribution is -0.121. The molecule has 0 spiro atoms. The molecule has 2 N–H and O–H groups in total. The van der Waals surface area contributed by atoms with Crippen molar-refractivity contribution in [3.63, 3.8) is 0 Å². The number of carbonyl (C=O) groups is 2. The second-order valence-corrected chi connectivity index (χ2v) is 8.51. The van der Waals surface area contributed by atoms with Crippen LogP contribution in [-0.2, 0) is 4.79 Å². The summed E-state index contributed by atoms with van der Waals surface area (Å²) in [6.45, 7) is 0.836. The second kappa shape index (κ2) is 10.4. The van der Waals surface area contributed by atoms with Gasteiger partial charge in [-0.05, 0) is 42.3 Å². The molecule has 0 radical (unpaired) electrons. The first kappa shape index (κ1) is 22.7. The molecule has 0 aliphatic carbocycles. The van der Waals surface area contributed by atoms with Crippen molar-refractivity contribution in [2.45, 2.75) is 12.3 Å². The lowest BCUT2D eigenvalue weighted by Crippen LogP contribution is -2.48. The van der Waals surface area contributed by atoms with E-state index >= 15 is 0 Å². The third-order valence-electron chi connectivity index (χ3n) is 5.82. The van der Waals surface area contributed by atoms with Crippen LogP contribution in [0.25, 0.3) is 0 Å². The zero-order valence-corrected chi connectivity index (χ0v) is 19.1. The number of piperidine rings is 1. The maximum atomic E-state index is 13.2. The Hall–Kier alpha value is -3.51. The van der Waals surface area contributed by atoms with Crippen LogP contribution in [0.3, 0.4) is 0 Å². The smallest absolute Gasteiger partial charge is 0.321 e. The Morgan fingerprint density at radius 1 is 0.939 bits per heavy atom. The number of methoxy groups -OCH3 is 1. The highest BCUT2D eigenvalue weighted by molar-refractivity contribution is 6.30. The number of ether oxygens (including phenoxy) is 1. The lowest BCUT2D eigenvalue weighted by atomic mass is 9.84. The highest BCUT2D eigenvalue weighted by Crippen LogP contribution is 2.32. The molecule has 33 heavy (non-hydrogen) atoms. The van der Waals surface area contributed by atoms with Gasteiger partial charge in [0, 0.05) is 29.7 Å². The molecule has 7 heteroatoms. The van der Waals surface area contributed by atoms with Gasteiger partial charge in [-0.3, -0.25) is 4.79 Å². The van der Waals surface area contributed by atoms with Gasteiger partial charge in [0.25, 0.3) is 0 Å². The van der Waals surface area contributed by atoms with E-state index in [0.717, 1.165) is 5.56 Å². The molecule has 1 fully saturated rings. The van der Waals surface area contributed by atoms with E-state index in [1.54, 1.807) is 48.4 Å². The number of carbonyl (C=O) groups excluding carboxylic acids is 2. The monoisotopic (exact) mass is 463 g/mol. The molecule has 4 rings (SSSR count). The van der Waals surface area contributed by atoms with Crippen molar-refractivity contribution < 1.29 is 14.3 Å². The fourth-order valence-corrected chi connectivity index (χ4v) is 4.36. The Kier molecular flexibility index (Phi) is 7.15. The SMILES string of the molecule is COc1ccccc1NC(=O)N1C[C@H](C(=O)Nc2cccc(Cl)c2)C[C@H](c2ccccc2)C1. The standard InChI is InChI=1S/C26H26ClN3O3/c1-33-24-13-6-5-12-23(24)29-26(32)30-16-19(18-8-3-2-4-9-18)14-20(17-30)25(31)28-22-11-7-10-21(27)15-22/h2-13,15,19-20H,14,16-17H2,1H3,(H,28,31)(H,29,32)/t19-,20+/m0/s1. The number of anilines is 2. The molecule has 1 saturated heterocycles. The Labute approximate surface area is 198 Å². The average Bonchev–Trinajstić information content (AvgIpc) is 2.84. The normalized spacial score (nSPS) is 17.8. The largest absolute Gasteiger partial charge is 0.495 e. The topological polar surface area (TPSA) is 70.7 Å². The molecule has 1 aliphatic heterocycles. The quantitative estimate of drug-likeness (QED) is 0.515. The van der Waals surface area contributed by atoms with E-state index < -0.39 is 0 Å². The molecular formula is C26H26ClN3O3. The number of likely N-dealkylation sites (tertiary alicyclic amines) is 1. The van der Waals surface area contributed by atoms with Gasteiger partial charge < -0.3 is 20.3 Å². The van der Waals surface area contributed by atoms with Crippen LogP contribution in [0.15, 0.2) is 78.9 Å². The molecule has 0 aromatic heterocycles. The first-order valence-corrected chi connectivity index (χ1v) is 11.2. The molecule has 0 saturated carbocycles. The van der Waals surface area contributed by atoms with Crippen molar-refractivity contribution in [2.75, 3.05) is 30.8 Å². The van der Waals surface area contributed by atoms with Gasteiger partial charge in [-0.25, -0.2) is 4.79 Å². The summed E-state index contributed by atoms with van der Waals surface area (Å²) >= 11 is 6.06. The number of hydrogen-bond acceptors (Lipinski definition) is 3. The number of nitrogens with one attached hydrogen (secondary N) is 2. The highest BCUT2D eigenvalue weighted by atomic mass is 35.5. The van der Waals surface area contributed by atoms with Crippen LogP contribution in [-0.4, -0.2) is 37.0 Å². The minimum Gasteiger partial charge on any atom is -0.495 e. The fraction of sp³-hybridized carbons (Fsp3) is 0.231. The summed E-state index contributed by atoms with van der Waals surface area (Å²) in [6.07, 6.45) is 0.648. The van der Waals surface area contributed by atoms with E-state index in [9.17, 15) is 9.59 Å². The molecule has 6 nitrogen and oxygen atoms in total. The summed E-state index contributed by atoms with van der Waals surface area (Å²) in [5.74, 6) is 0.121.